The van der Waals surface area contributed by atoms with E-state index in [4.69, 9.17) is 10.8 Å². The zero-order valence-corrected chi connectivity index (χ0v) is 13.6. The Morgan fingerprint density at radius 1 is 1.12 bits per heavy atom. The Bertz CT molecular complexity index is 841. The average molecular weight is 341 g/mol. The van der Waals surface area contributed by atoms with Gasteiger partial charge in [-0.1, -0.05) is 35.6 Å². The van der Waals surface area contributed by atoms with Crippen LogP contribution in [0.4, 0.5) is 5.13 Å². The predicted octanol–water partition coefficient (Wildman–Crippen LogP) is 2.92. The molecule has 0 radical (unpaired) electrons. The first kappa shape index (κ1) is 16.0. The fourth-order valence-corrected chi connectivity index (χ4v) is 3.28. The molecule has 0 aliphatic carbocycles. The van der Waals surface area contributed by atoms with E-state index in [2.05, 4.69) is 4.98 Å². The summed E-state index contributed by atoms with van der Waals surface area (Å²) >= 11 is 1.44. The number of aromatic carboxylic acids is 1. The van der Waals surface area contributed by atoms with Crippen molar-refractivity contribution in [2.75, 3.05) is 5.73 Å². The molecule has 1 aromatic heterocycles. The molecule has 0 bridgehead atoms. The molecular formula is C18H17N2O3S+. The number of nitrogen functional groups attached to an aromatic ring is 1. The third-order valence-corrected chi connectivity index (χ3v) is 4.62. The molecule has 1 atom stereocenters. The van der Waals surface area contributed by atoms with E-state index in [-0.39, 0.29) is 17.2 Å². The second-order valence-electron chi connectivity index (χ2n) is 5.53. The molecule has 0 fully saturated rings. The maximum absolute atomic E-state index is 11.0. The number of nitrogens with one attached hydrogen (secondary N) is 1. The van der Waals surface area contributed by atoms with Crippen LogP contribution in [0.3, 0.4) is 0 Å². The lowest BCUT2D eigenvalue weighted by molar-refractivity contribution is -0.368. The van der Waals surface area contributed by atoms with Gasteiger partial charge in [0.2, 0.25) is 0 Å². The molecule has 2 aromatic carbocycles. The van der Waals surface area contributed by atoms with Crippen LogP contribution in [0.2, 0.25) is 0 Å². The van der Waals surface area contributed by atoms with E-state index in [0.717, 1.165) is 16.8 Å². The quantitative estimate of drug-likeness (QED) is 0.664. The predicted molar refractivity (Wildman–Crippen MR) is 92.3 cm³/mol. The summed E-state index contributed by atoms with van der Waals surface area (Å²) in [5, 5.41) is 21.1. The number of aromatic hydroxyl groups is 1. The van der Waals surface area contributed by atoms with Gasteiger partial charge in [0.15, 0.2) is 0 Å². The van der Waals surface area contributed by atoms with Crippen molar-refractivity contribution < 1.29 is 20.0 Å². The highest BCUT2D eigenvalue weighted by Crippen LogP contribution is 2.29. The van der Waals surface area contributed by atoms with Crippen LogP contribution in [-0.4, -0.2) is 16.2 Å². The first-order chi connectivity index (χ1) is 11.5. The minimum Gasteiger partial charge on any atom is -0.508 e. The fourth-order valence-electron chi connectivity index (χ4n) is 2.63. The van der Waals surface area contributed by atoms with E-state index in [9.17, 15) is 9.90 Å². The molecule has 6 heteroatoms. The van der Waals surface area contributed by atoms with Gasteiger partial charge in [0, 0.05) is 5.38 Å². The molecule has 3 rings (SSSR count). The minimum absolute atomic E-state index is 0.0369. The Morgan fingerprint density at radius 3 is 2.33 bits per heavy atom. The van der Waals surface area contributed by atoms with E-state index >= 15 is 0 Å². The van der Waals surface area contributed by atoms with Crippen molar-refractivity contribution in [1.29, 1.82) is 0 Å². The number of benzene rings is 2. The number of carboxylic acids is 1. The van der Waals surface area contributed by atoms with Gasteiger partial charge in [-0.2, -0.15) is 0 Å². The van der Waals surface area contributed by atoms with Crippen molar-refractivity contribution in [3.8, 4) is 5.75 Å². The summed E-state index contributed by atoms with van der Waals surface area (Å²) in [6.07, 6.45) is 0.692. The molecule has 1 unspecified atom stereocenters. The topological polar surface area (TPSA) is 97.7 Å². The molecule has 24 heavy (non-hydrogen) atoms. The molecule has 5 nitrogen and oxygen atoms in total. The van der Waals surface area contributed by atoms with Crippen LogP contribution in [-0.2, 0) is 6.42 Å². The van der Waals surface area contributed by atoms with E-state index < -0.39 is 5.97 Å². The molecule has 5 N–H and O–H groups in total. The number of aromatic amines is 1. The summed E-state index contributed by atoms with van der Waals surface area (Å²) in [4.78, 5) is 14.1. The second kappa shape index (κ2) is 6.72. The normalized spacial score (nSPS) is 12.0. The van der Waals surface area contributed by atoms with E-state index in [1.54, 1.807) is 24.3 Å². The molecule has 0 saturated carbocycles. The third-order valence-electron chi connectivity index (χ3n) is 3.89. The Morgan fingerprint density at radius 2 is 1.79 bits per heavy atom. The van der Waals surface area contributed by atoms with Crippen LogP contribution < -0.4 is 10.7 Å². The summed E-state index contributed by atoms with van der Waals surface area (Å²) in [5.41, 5.74) is 9.15. The maximum Gasteiger partial charge on any atom is 0.335 e. The minimum atomic E-state index is -0.935. The van der Waals surface area contributed by atoms with Gasteiger partial charge >= 0.3 is 11.1 Å². The first-order valence-electron chi connectivity index (χ1n) is 7.40. The number of phenolic OH excluding ortho intramolecular Hbond substituents is 1. The van der Waals surface area contributed by atoms with E-state index in [0.29, 0.717) is 11.6 Å². The largest absolute Gasteiger partial charge is 0.508 e. The number of hydrogen-bond donors (Lipinski definition) is 3. The number of hydrogen-bond acceptors (Lipinski definition) is 4. The SMILES string of the molecule is Nc1[nH+]c(C(Cc2ccc(C(=O)O)cc2)c2ccc(O)cc2)cs1. The van der Waals surface area contributed by atoms with Crippen LogP contribution in [0.15, 0.2) is 53.9 Å². The van der Waals surface area contributed by atoms with Gasteiger partial charge in [-0.05, 0) is 41.8 Å². The van der Waals surface area contributed by atoms with Gasteiger partial charge in [-0.3, -0.25) is 5.73 Å². The highest BCUT2D eigenvalue weighted by atomic mass is 32.1. The zero-order chi connectivity index (χ0) is 17.1. The fraction of sp³-hybridized carbons (Fsp3) is 0.111. The zero-order valence-electron chi connectivity index (χ0n) is 12.8. The summed E-state index contributed by atoms with van der Waals surface area (Å²) in [5.74, 6) is -0.678. The molecular weight excluding hydrogens is 324 g/mol. The van der Waals surface area contributed by atoms with Crippen LogP contribution in [0, 0.1) is 0 Å². The highest BCUT2D eigenvalue weighted by Gasteiger charge is 2.20. The Kier molecular flexibility index (Phi) is 4.48. The number of aromatic nitrogens is 1. The van der Waals surface area contributed by atoms with Gasteiger partial charge < -0.3 is 10.2 Å². The van der Waals surface area contributed by atoms with Gasteiger partial charge in [-0.25, -0.2) is 9.78 Å². The van der Waals surface area contributed by atoms with Gasteiger partial charge in [0.05, 0.1) is 11.5 Å². The standard InChI is InChI=1S/C18H16N2O3S/c19-18-20-16(10-24-18)15(12-5-7-14(21)8-6-12)9-11-1-3-13(4-2-11)17(22)23/h1-8,10,15,21H,9H2,(H2,19,20)(H,22,23)/p+1. The lowest BCUT2D eigenvalue weighted by Gasteiger charge is -2.14. The lowest BCUT2D eigenvalue weighted by Crippen LogP contribution is -2.17. The van der Waals surface area contributed by atoms with Crippen LogP contribution in [0.25, 0.3) is 0 Å². The second-order valence-corrected chi connectivity index (χ2v) is 6.44. The molecule has 0 amide bonds. The Hall–Kier alpha value is -2.86. The van der Waals surface area contributed by atoms with Crippen LogP contribution >= 0.6 is 11.3 Å². The van der Waals surface area contributed by atoms with Crippen molar-refractivity contribution >= 4 is 22.4 Å². The number of carboxylic acid groups (broad SMARTS) is 1. The highest BCUT2D eigenvalue weighted by molar-refractivity contribution is 7.13. The summed E-state index contributed by atoms with van der Waals surface area (Å²) < 4.78 is 0. The van der Waals surface area contributed by atoms with E-state index in [1.165, 1.54) is 11.3 Å². The van der Waals surface area contributed by atoms with Crippen molar-refractivity contribution in [3.63, 3.8) is 0 Å². The molecule has 3 aromatic rings. The number of nitrogens with two attached hydrogens (primary N) is 1. The summed E-state index contributed by atoms with van der Waals surface area (Å²) in [6.45, 7) is 0. The number of carbonyl (C=O) groups is 1. The number of rotatable bonds is 5. The average Bonchev–Trinajstić information content (AvgIpc) is 3.00. The van der Waals surface area contributed by atoms with Gasteiger partial charge in [0.1, 0.15) is 11.4 Å². The monoisotopic (exact) mass is 341 g/mol. The Labute approximate surface area is 143 Å². The molecule has 1 heterocycles. The number of H-pyrrole nitrogens is 1. The van der Waals surface area contributed by atoms with Crippen LogP contribution in [0.5, 0.6) is 5.75 Å². The molecule has 0 aliphatic heterocycles. The Balaban J connectivity index is 1.92. The first-order valence-corrected chi connectivity index (χ1v) is 8.28. The van der Waals surface area contributed by atoms with Crippen molar-refractivity contribution in [2.45, 2.75) is 12.3 Å². The summed E-state index contributed by atoms with van der Waals surface area (Å²) in [7, 11) is 0. The third kappa shape index (κ3) is 3.55. The van der Waals surface area contributed by atoms with Crippen LogP contribution in [0.1, 0.15) is 33.1 Å². The molecule has 0 spiro atoms. The molecule has 0 saturated heterocycles. The molecule has 122 valence electrons. The smallest absolute Gasteiger partial charge is 0.335 e. The van der Waals surface area contributed by atoms with Crippen molar-refractivity contribution in [2.24, 2.45) is 0 Å². The van der Waals surface area contributed by atoms with Gasteiger partial charge in [-0.15, -0.1) is 0 Å². The number of thiazole rings is 1. The maximum atomic E-state index is 11.0. The van der Waals surface area contributed by atoms with Crippen molar-refractivity contribution in [3.05, 3.63) is 76.3 Å². The summed E-state index contributed by atoms with van der Waals surface area (Å²) in [6, 6.07) is 13.9. The van der Waals surface area contributed by atoms with Gasteiger partial charge in [0.25, 0.3) is 0 Å². The van der Waals surface area contributed by atoms with Crippen molar-refractivity contribution in [1.82, 2.24) is 0 Å². The number of anilines is 1. The molecule has 0 aliphatic rings. The number of phenols is 1. The van der Waals surface area contributed by atoms with E-state index in [1.807, 2.05) is 29.6 Å². The lowest BCUT2D eigenvalue weighted by atomic mass is 9.89.